The molecule has 4 aromatic carbocycles. The summed E-state index contributed by atoms with van der Waals surface area (Å²) in [6.07, 6.45) is -3.42. The second-order valence-electron chi connectivity index (χ2n) is 12.2. The average Bonchev–Trinajstić information content (AvgIpc) is 3.06. The van der Waals surface area contributed by atoms with Crippen molar-refractivity contribution in [3.63, 3.8) is 0 Å². The quantitative estimate of drug-likeness (QED) is 0.129. The molecule has 0 fully saturated rings. The van der Waals surface area contributed by atoms with Crippen LogP contribution in [0.1, 0.15) is 93.6 Å². The van der Waals surface area contributed by atoms with Crippen LogP contribution >= 0.6 is 0 Å². The normalized spacial score (nSPS) is 12.5. The second kappa shape index (κ2) is 17.0. The molecule has 0 saturated heterocycles. The summed E-state index contributed by atoms with van der Waals surface area (Å²) in [7, 11) is 0. The fourth-order valence-corrected chi connectivity index (χ4v) is 6.27. The lowest BCUT2D eigenvalue weighted by atomic mass is 9.83. The minimum atomic E-state index is -4.84. The van der Waals surface area contributed by atoms with Crippen molar-refractivity contribution >= 4 is 17.8 Å². The summed E-state index contributed by atoms with van der Waals surface area (Å²) in [6.45, 7) is 10.3. The van der Waals surface area contributed by atoms with Crippen molar-refractivity contribution in [2.24, 2.45) is 0 Å². The predicted octanol–water partition coefficient (Wildman–Crippen LogP) is 8.92. The highest BCUT2D eigenvalue weighted by atomic mass is 19.4. The van der Waals surface area contributed by atoms with Crippen LogP contribution in [0.4, 0.5) is 13.2 Å². The molecule has 0 heterocycles. The van der Waals surface area contributed by atoms with Gasteiger partial charge in [-0.2, -0.15) is 0 Å². The number of rotatable bonds is 14. The first kappa shape index (κ1) is 37.7. The molecular formula is C40H43F3N2O5. The molecule has 0 aromatic heterocycles. The second-order valence-corrected chi connectivity index (χ2v) is 12.2. The Bertz CT molecular complexity index is 1750. The highest BCUT2D eigenvalue weighted by Gasteiger charge is 2.32. The van der Waals surface area contributed by atoms with Crippen LogP contribution in [0, 0.1) is 20.8 Å². The highest BCUT2D eigenvalue weighted by molar-refractivity contribution is 5.95. The Morgan fingerprint density at radius 2 is 1.32 bits per heavy atom. The van der Waals surface area contributed by atoms with Gasteiger partial charge in [-0.15, -0.1) is 13.2 Å². The van der Waals surface area contributed by atoms with E-state index in [4.69, 9.17) is 4.74 Å². The summed E-state index contributed by atoms with van der Waals surface area (Å²) in [5.74, 6) is -1.75. The predicted molar refractivity (Wildman–Crippen MR) is 187 cm³/mol. The van der Waals surface area contributed by atoms with E-state index in [9.17, 15) is 27.6 Å². The van der Waals surface area contributed by atoms with Crippen LogP contribution in [-0.2, 0) is 9.53 Å². The van der Waals surface area contributed by atoms with E-state index in [2.05, 4.69) is 48.3 Å². The number of carbonyl (C=O) groups excluding carboxylic acids is 3. The van der Waals surface area contributed by atoms with Crippen LogP contribution in [0.25, 0.3) is 11.1 Å². The van der Waals surface area contributed by atoms with Gasteiger partial charge in [0.1, 0.15) is 5.75 Å². The number of nitrogens with one attached hydrogen (secondary N) is 2. The first-order chi connectivity index (χ1) is 23.8. The van der Waals surface area contributed by atoms with E-state index in [0.717, 1.165) is 34.2 Å². The van der Waals surface area contributed by atoms with Crippen molar-refractivity contribution in [2.45, 2.75) is 72.2 Å². The third-order valence-corrected chi connectivity index (χ3v) is 8.40. The zero-order valence-corrected chi connectivity index (χ0v) is 28.9. The third kappa shape index (κ3) is 10.2. The summed E-state index contributed by atoms with van der Waals surface area (Å²) in [4.78, 5) is 38.2. The first-order valence-corrected chi connectivity index (χ1v) is 16.7. The molecule has 0 radical (unpaired) electrons. The lowest BCUT2D eigenvalue weighted by Gasteiger charge is -2.29. The number of hydrogen-bond acceptors (Lipinski definition) is 5. The van der Waals surface area contributed by atoms with E-state index in [-0.39, 0.29) is 43.1 Å². The number of benzene rings is 4. The Hall–Kier alpha value is -5.12. The van der Waals surface area contributed by atoms with Crippen molar-refractivity contribution in [3.05, 3.63) is 124 Å². The standard InChI is InChI=1S/C40H43F3N2O5/c1-6-8-34(28-9-13-31(14-10-28)38(47)44-22-21-35(46)49-7-2)37(30-17-19-33(20-18-30)50-40(41,42)43)45-39(48)32-15-11-29(12-16-32)36-26(4)23-25(3)24-27(36)5/h9-20,23-24,34,37H,6-8,21-22H2,1-5H3,(H,44,47)(H,45,48). The molecule has 4 rings (SSSR count). The Morgan fingerprint density at radius 3 is 1.88 bits per heavy atom. The van der Waals surface area contributed by atoms with Gasteiger partial charge in [-0.3, -0.25) is 14.4 Å². The van der Waals surface area contributed by atoms with E-state index in [0.29, 0.717) is 23.1 Å². The van der Waals surface area contributed by atoms with Crippen LogP contribution < -0.4 is 15.4 Å². The van der Waals surface area contributed by atoms with Crippen LogP contribution in [0.15, 0.2) is 84.9 Å². The Labute approximate surface area is 291 Å². The van der Waals surface area contributed by atoms with Gasteiger partial charge in [0.15, 0.2) is 0 Å². The van der Waals surface area contributed by atoms with Crippen molar-refractivity contribution in [2.75, 3.05) is 13.2 Å². The SMILES string of the molecule is CCCC(c1ccc(C(=O)NCCC(=O)OCC)cc1)C(NC(=O)c1ccc(-c2c(C)cc(C)cc2C)cc1)c1ccc(OC(F)(F)F)cc1. The van der Waals surface area contributed by atoms with E-state index in [1.54, 1.807) is 31.2 Å². The average molecular weight is 689 g/mol. The molecule has 2 amide bonds. The molecular weight excluding hydrogens is 645 g/mol. The van der Waals surface area contributed by atoms with E-state index in [1.165, 1.54) is 29.8 Å². The number of aryl methyl sites for hydroxylation is 3. The number of esters is 1. The summed E-state index contributed by atoms with van der Waals surface area (Å²) in [5, 5.41) is 5.86. The van der Waals surface area contributed by atoms with Gasteiger partial charge >= 0.3 is 12.3 Å². The van der Waals surface area contributed by atoms with Crippen molar-refractivity contribution in [1.29, 1.82) is 0 Å². The van der Waals surface area contributed by atoms with Crippen molar-refractivity contribution in [3.8, 4) is 16.9 Å². The minimum Gasteiger partial charge on any atom is -0.466 e. The van der Waals surface area contributed by atoms with Gasteiger partial charge in [0, 0.05) is 23.6 Å². The summed E-state index contributed by atoms with van der Waals surface area (Å²) < 4.78 is 47.7. The molecule has 4 aromatic rings. The minimum absolute atomic E-state index is 0.0539. The van der Waals surface area contributed by atoms with Gasteiger partial charge in [-0.05, 0) is 104 Å². The Kier molecular flexibility index (Phi) is 12.8. The lowest BCUT2D eigenvalue weighted by molar-refractivity contribution is -0.274. The van der Waals surface area contributed by atoms with Gasteiger partial charge < -0.3 is 20.1 Å². The smallest absolute Gasteiger partial charge is 0.466 e. The van der Waals surface area contributed by atoms with Crippen LogP contribution in [0.2, 0.25) is 0 Å². The first-order valence-electron chi connectivity index (χ1n) is 16.7. The molecule has 2 N–H and O–H groups in total. The van der Waals surface area contributed by atoms with E-state index < -0.39 is 18.4 Å². The monoisotopic (exact) mass is 688 g/mol. The number of carbonyl (C=O) groups is 3. The maximum atomic E-state index is 13.8. The van der Waals surface area contributed by atoms with Crippen molar-refractivity contribution < 1.29 is 37.0 Å². The van der Waals surface area contributed by atoms with Gasteiger partial charge in [0.05, 0.1) is 19.1 Å². The van der Waals surface area contributed by atoms with Crippen LogP contribution in [0.3, 0.4) is 0 Å². The summed E-state index contributed by atoms with van der Waals surface area (Å²) in [6, 6.07) is 23.4. The number of halogens is 3. The summed E-state index contributed by atoms with van der Waals surface area (Å²) >= 11 is 0. The van der Waals surface area contributed by atoms with E-state index in [1.807, 2.05) is 31.2 Å². The van der Waals surface area contributed by atoms with Crippen LogP contribution in [-0.4, -0.2) is 37.3 Å². The molecule has 7 nitrogen and oxygen atoms in total. The number of hydrogen-bond donors (Lipinski definition) is 2. The third-order valence-electron chi connectivity index (χ3n) is 8.40. The maximum Gasteiger partial charge on any atom is 0.573 e. The van der Waals surface area contributed by atoms with Gasteiger partial charge in [0.2, 0.25) is 0 Å². The molecule has 264 valence electrons. The molecule has 0 spiro atoms. The molecule has 0 bridgehead atoms. The molecule has 50 heavy (non-hydrogen) atoms. The fraction of sp³-hybridized carbons (Fsp3) is 0.325. The Balaban J connectivity index is 1.62. The molecule has 2 unspecified atom stereocenters. The maximum absolute atomic E-state index is 13.8. The van der Waals surface area contributed by atoms with Crippen LogP contribution in [0.5, 0.6) is 5.75 Å². The van der Waals surface area contributed by atoms with Gasteiger partial charge in [-0.25, -0.2) is 0 Å². The molecule has 0 aliphatic carbocycles. The largest absolute Gasteiger partial charge is 0.573 e. The topological polar surface area (TPSA) is 93.7 Å². The molecule has 10 heteroatoms. The lowest BCUT2D eigenvalue weighted by Crippen LogP contribution is -2.33. The molecule has 2 atom stereocenters. The molecule has 0 aliphatic rings. The zero-order chi connectivity index (χ0) is 36.4. The number of alkyl halides is 3. The highest BCUT2D eigenvalue weighted by Crippen LogP contribution is 2.37. The number of ether oxygens (including phenoxy) is 2. The molecule has 0 saturated carbocycles. The van der Waals surface area contributed by atoms with E-state index >= 15 is 0 Å². The summed E-state index contributed by atoms with van der Waals surface area (Å²) in [5.41, 5.74) is 7.80. The zero-order valence-electron chi connectivity index (χ0n) is 28.9. The van der Waals surface area contributed by atoms with Crippen molar-refractivity contribution in [1.82, 2.24) is 10.6 Å². The van der Waals surface area contributed by atoms with Gasteiger partial charge in [0.25, 0.3) is 11.8 Å². The van der Waals surface area contributed by atoms with Gasteiger partial charge in [-0.1, -0.05) is 67.4 Å². The Morgan fingerprint density at radius 1 is 0.760 bits per heavy atom. The fourth-order valence-electron chi connectivity index (χ4n) is 6.27. The number of amides is 2. The molecule has 0 aliphatic heterocycles.